The molecular weight excluding hydrogens is 372 g/mol. The summed E-state index contributed by atoms with van der Waals surface area (Å²) in [6.07, 6.45) is 10.2. The van der Waals surface area contributed by atoms with Gasteiger partial charge in [0.15, 0.2) is 0 Å². The van der Waals surface area contributed by atoms with Crippen molar-refractivity contribution in [3.8, 4) is 0 Å². The molecule has 0 amide bonds. The molecule has 9 rings (SSSR count). The van der Waals surface area contributed by atoms with E-state index in [4.69, 9.17) is 0 Å². The van der Waals surface area contributed by atoms with E-state index < -0.39 is 0 Å². The second-order valence-electron chi connectivity index (χ2n) is 11.6. The van der Waals surface area contributed by atoms with E-state index in [0.29, 0.717) is 5.92 Å². The topological polar surface area (TPSA) is 0 Å². The van der Waals surface area contributed by atoms with Crippen LogP contribution in [0.1, 0.15) is 61.3 Å². The Morgan fingerprint density at radius 3 is 1.58 bits per heavy atom. The van der Waals surface area contributed by atoms with Gasteiger partial charge < -0.3 is 0 Å². The lowest BCUT2D eigenvalue weighted by atomic mass is 9.45. The van der Waals surface area contributed by atoms with Crippen LogP contribution in [0.4, 0.5) is 0 Å². The molecule has 7 aliphatic carbocycles. The molecule has 31 heavy (non-hydrogen) atoms. The molecule has 0 heterocycles. The number of rotatable bonds is 3. The highest BCUT2D eigenvalue weighted by Crippen LogP contribution is 2.70. The van der Waals surface area contributed by atoms with Crippen LogP contribution in [0.5, 0.6) is 0 Å². The molecule has 0 heteroatoms. The van der Waals surface area contributed by atoms with Crippen molar-refractivity contribution in [3.05, 3.63) is 93.6 Å². The van der Waals surface area contributed by atoms with E-state index in [1.54, 1.807) is 17.6 Å². The smallest absolute Gasteiger partial charge is 0.0672 e. The summed E-state index contributed by atoms with van der Waals surface area (Å²) in [4.78, 5) is 0. The molecule has 0 aliphatic heterocycles. The van der Waals surface area contributed by atoms with E-state index in [-0.39, 0.29) is 5.41 Å². The SMILES string of the molecule is Cc1ccc(C2(c3ccc(C)cc3)C3=CC(C)C2=C3C2C3CC4CC(C3)CC2C4)cc1. The zero-order valence-corrected chi connectivity index (χ0v) is 19.2. The first kappa shape index (κ1) is 18.5. The van der Waals surface area contributed by atoms with Crippen LogP contribution < -0.4 is 0 Å². The van der Waals surface area contributed by atoms with Crippen molar-refractivity contribution in [2.24, 2.45) is 35.5 Å². The van der Waals surface area contributed by atoms with E-state index in [2.05, 4.69) is 75.4 Å². The number of hydrogen-bond acceptors (Lipinski definition) is 0. The monoisotopic (exact) mass is 406 g/mol. The first-order chi connectivity index (χ1) is 15.1. The van der Waals surface area contributed by atoms with E-state index in [0.717, 1.165) is 29.6 Å². The number of hydrogen-bond donors (Lipinski definition) is 0. The molecule has 1 atom stereocenters. The van der Waals surface area contributed by atoms with E-state index in [9.17, 15) is 0 Å². The van der Waals surface area contributed by atoms with Crippen molar-refractivity contribution < 1.29 is 0 Å². The second-order valence-corrected chi connectivity index (χ2v) is 11.6. The first-order valence-electron chi connectivity index (χ1n) is 12.7. The zero-order valence-electron chi connectivity index (χ0n) is 19.2. The molecule has 158 valence electrons. The van der Waals surface area contributed by atoms with Crippen LogP contribution in [-0.2, 0) is 5.41 Å². The van der Waals surface area contributed by atoms with Gasteiger partial charge in [0.25, 0.3) is 0 Å². The standard InChI is InChI=1S/C31H34/c1-18-4-8-25(9-5-18)31(26-10-6-19(2)7-11-26)27-12-20(3)30(31)29(27)28-23-14-21-13-22(16-23)17-24(28)15-21/h4-12,20-24,28H,13-17H2,1-3H3. The molecule has 0 radical (unpaired) electrons. The van der Waals surface area contributed by atoms with E-state index >= 15 is 0 Å². The van der Waals surface area contributed by atoms with Crippen molar-refractivity contribution in [1.82, 2.24) is 0 Å². The van der Waals surface area contributed by atoms with Crippen LogP contribution in [0.2, 0.25) is 0 Å². The third-order valence-corrected chi connectivity index (χ3v) is 9.79. The fourth-order valence-electron chi connectivity index (χ4n) is 8.92. The minimum absolute atomic E-state index is 0.00478. The van der Waals surface area contributed by atoms with Gasteiger partial charge in [0.2, 0.25) is 0 Å². The summed E-state index contributed by atoms with van der Waals surface area (Å²) in [7, 11) is 0. The molecule has 0 aromatic heterocycles. The third-order valence-electron chi connectivity index (χ3n) is 9.79. The summed E-state index contributed by atoms with van der Waals surface area (Å²) in [6.45, 7) is 6.88. The Balaban J connectivity index is 1.42. The van der Waals surface area contributed by atoms with Gasteiger partial charge in [0, 0.05) is 0 Å². The largest absolute Gasteiger partial charge is 0.0725 e. The maximum Gasteiger partial charge on any atom is 0.0672 e. The van der Waals surface area contributed by atoms with E-state index in [1.807, 2.05) is 5.57 Å². The van der Waals surface area contributed by atoms with Crippen molar-refractivity contribution in [1.29, 1.82) is 0 Å². The number of allylic oxidation sites excluding steroid dienone is 4. The maximum atomic E-state index is 2.65. The molecule has 4 fully saturated rings. The lowest BCUT2D eigenvalue weighted by molar-refractivity contribution is -0.0220. The van der Waals surface area contributed by atoms with Crippen molar-refractivity contribution in [2.75, 3.05) is 0 Å². The summed E-state index contributed by atoms with van der Waals surface area (Å²) in [5.74, 6) is 5.45. The van der Waals surface area contributed by atoms with Crippen LogP contribution in [0.25, 0.3) is 0 Å². The molecule has 2 aromatic rings. The van der Waals surface area contributed by atoms with Gasteiger partial charge in [0.1, 0.15) is 0 Å². The molecule has 2 aromatic carbocycles. The minimum atomic E-state index is 0.00478. The number of benzene rings is 2. The van der Waals surface area contributed by atoms with Crippen LogP contribution >= 0.6 is 0 Å². The fraction of sp³-hybridized carbons (Fsp3) is 0.484. The Morgan fingerprint density at radius 1 is 0.677 bits per heavy atom. The Bertz CT molecular complexity index is 1030. The Kier molecular flexibility index (Phi) is 3.72. The van der Waals surface area contributed by atoms with Crippen molar-refractivity contribution in [3.63, 3.8) is 0 Å². The van der Waals surface area contributed by atoms with Gasteiger partial charge >= 0.3 is 0 Å². The molecule has 7 aliphatic rings. The predicted octanol–water partition coefficient (Wildman–Crippen LogP) is 7.55. The lowest BCUT2D eigenvalue weighted by Gasteiger charge is -2.59. The van der Waals surface area contributed by atoms with Crippen LogP contribution in [-0.4, -0.2) is 0 Å². The third kappa shape index (κ3) is 2.32. The maximum absolute atomic E-state index is 2.65. The molecule has 0 saturated heterocycles. The molecule has 4 saturated carbocycles. The average Bonchev–Trinajstić information content (AvgIpc) is 3.24. The van der Waals surface area contributed by atoms with Gasteiger partial charge in [-0.25, -0.2) is 0 Å². The Labute approximate surface area is 187 Å². The van der Waals surface area contributed by atoms with Crippen molar-refractivity contribution >= 4 is 0 Å². The first-order valence-corrected chi connectivity index (χ1v) is 12.7. The quantitative estimate of drug-likeness (QED) is 0.493. The Morgan fingerprint density at radius 2 is 1.16 bits per heavy atom. The molecule has 0 nitrogen and oxygen atoms in total. The summed E-state index contributed by atoms with van der Waals surface area (Å²) in [5.41, 5.74) is 10.9. The summed E-state index contributed by atoms with van der Waals surface area (Å²) in [5, 5.41) is 0. The molecular formula is C31H34. The second kappa shape index (κ2) is 6.25. The molecule has 1 unspecified atom stereocenters. The highest BCUT2D eigenvalue weighted by Gasteiger charge is 2.61. The van der Waals surface area contributed by atoms with Gasteiger partial charge in [-0.05, 0) is 109 Å². The number of fused-ring (bicyclic) bond motifs is 2. The molecule has 0 N–H and O–H groups in total. The Hall–Kier alpha value is -2.08. The number of aryl methyl sites for hydroxylation is 2. The van der Waals surface area contributed by atoms with Gasteiger partial charge in [-0.2, -0.15) is 0 Å². The lowest BCUT2D eigenvalue weighted by Crippen LogP contribution is -2.50. The van der Waals surface area contributed by atoms with Crippen LogP contribution in [0, 0.1) is 49.4 Å². The van der Waals surface area contributed by atoms with Gasteiger partial charge in [-0.15, -0.1) is 0 Å². The van der Waals surface area contributed by atoms with E-state index in [1.165, 1.54) is 47.9 Å². The summed E-state index contributed by atoms with van der Waals surface area (Å²) >= 11 is 0. The summed E-state index contributed by atoms with van der Waals surface area (Å²) in [6, 6.07) is 18.9. The molecule has 0 spiro atoms. The van der Waals surface area contributed by atoms with Crippen molar-refractivity contribution in [2.45, 2.75) is 58.3 Å². The van der Waals surface area contributed by atoms with Gasteiger partial charge in [-0.3, -0.25) is 0 Å². The zero-order chi connectivity index (χ0) is 20.9. The van der Waals surface area contributed by atoms with Crippen LogP contribution in [0.15, 0.2) is 71.3 Å². The minimum Gasteiger partial charge on any atom is -0.0725 e. The average molecular weight is 407 g/mol. The van der Waals surface area contributed by atoms with Crippen LogP contribution in [0.3, 0.4) is 0 Å². The molecule has 6 bridgehead atoms. The summed E-state index contributed by atoms with van der Waals surface area (Å²) < 4.78 is 0. The predicted molar refractivity (Wildman–Crippen MR) is 128 cm³/mol. The highest BCUT2D eigenvalue weighted by molar-refractivity contribution is 5.78. The van der Waals surface area contributed by atoms with Gasteiger partial charge in [0.05, 0.1) is 5.41 Å². The fourth-order valence-corrected chi connectivity index (χ4v) is 8.92. The highest BCUT2D eigenvalue weighted by atomic mass is 14.6. The normalized spacial score (nSPS) is 36.5. The van der Waals surface area contributed by atoms with Gasteiger partial charge in [-0.1, -0.05) is 72.7 Å².